The van der Waals surface area contributed by atoms with Crippen molar-refractivity contribution in [1.29, 1.82) is 0 Å². The summed E-state index contributed by atoms with van der Waals surface area (Å²) in [6, 6.07) is 11.8. The number of ether oxygens (including phenoxy) is 1. The van der Waals surface area contributed by atoms with E-state index in [1.54, 1.807) is 18.2 Å². The van der Waals surface area contributed by atoms with Gasteiger partial charge in [0.25, 0.3) is 5.91 Å². The van der Waals surface area contributed by atoms with E-state index in [2.05, 4.69) is 15.5 Å². The molecule has 2 aromatic carbocycles. The van der Waals surface area contributed by atoms with E-state index in [1.807, 2.05) is 12.2 Å². The fourth-order valence-electron chi connectivity index (χ4n) is 3.69. The number of halogens is 2. The van der Waals surface area contributed by atoms with Crippen molar-refractivity contribution >= 4 is 29.1 Å². The number of amides is 3. The van der Waals surface area contributed by atoms with Gasteiger partial charge in [0, 0.05) is 11.3 Å². The fraction of sp³-hybridized carbons (Fsp3) is 0.227. The number of nitrogens with zero attached hydrogens (tertiary/aromatic N) is 1. The van der Waals surface area contributed by atoms with Crippen molar-refractivity contribution in [1.82, 2.24) is 5.43 Å². The quantitative estimate of drug-likeness (QED) is 0.715. The van der Waals surface area contributed by atoms with Crippen molar-refractivity contribution in [3.8, 4) is 5.75 Å². The van der Waals surface area contributed by atoms with Gasteiger partial charge in [0.15, 0.2) is 0 Å². The van der Waals surface area contributed by atoms with Crippen molar-refractivity contribution in [2.45, 2.75) is 19.5 Å². The average Bonchev–Trinajstić information content (AvgIpc) is 2.77. The summed E-state index contributed by atoms with van der Waals surface area (Å²) in [6.07, 6.45) is 4.83. The molecule has 1 saturated heterocycles. The summed E-state index contributed by atoms with van der Waals surface area (Å²) in [5.41, 5.74) is 3.65. The summed E-state index contributed by atoms with van der Waals surface area (Å²) in [4.78, 5) is 38.0. The molecule has 1 fully saturated rings. The van der Waals surface area contributed by atoms with Gasteiger partial charge in [-0.15, -0.1) is 0 Å². The van der Waals surface area contributed by atoms with Crippen molar-refractivity contribution in [3.05, 3.63) is 66.2 Å². The molecule has 0 bridgehead atoms. The highest BCUT2D eigenvalue weighted by atomic mass is 19.3. The lowest BCUT2D eigenvalue weighted by atomic mass is 9.80. The standard InChI is InChI=1S/C22H19F2N3O4/c23-22(24)31-16-10-8-14(9-11-16)25-19(28)13-4-3-5-15(12-13)27-21(30)18-7-2-1-6-17(18)20(29)26-27/h1-5,8-12,17-18,22H,6-7H2,(H,25,28)(H,26,29). The molecule has 1 aliphatic heterocycles. The first-order valence-corrected chi connectivity index (χ1v) is 9.68. The number of carbonyl (C=O) groups is 3. The zero-order valence-corrected chi connectivity index (χ0v) is 16.3. The van der Waals surface area contributed by atoms with E-state index < -0.39 is 18.4 Å². The Morgan fingerprint density at radius 1 is 1.06 bits per heavy atom. The van der Waals surface area contributed by atoms with Crippen LogP contribution in [0, 0.1) is 11.8 Å². The Morgan fingerprint density at radius 2 is 1.77 bits per heavy atom. The van der Waals surface area contributed by atoms with Crippen LogP contribution in [0.3, 0.4) is 0 Å². The summed E-state index contributed by atoms with van der Waals surface area (Å²) in [5, 5.41) is 3.84. The molecule has 160 valence electrons. The molecule has 2 aromatic rings. The van der Waals surface area contributed by atoms with Crippen LogP contribution in [0.5, 0.6) is 5.75 Å². The largest absolute Gasteiger partial charge is 0.435 e. The number of benzene rings is 2. The number of allylic oxidation sites excluding steroid dienone is 2. The van der Waals surface area contributed by atoms with Crippen LogP contribution in [0.2, 0.25) is 0 Å². The van der Waals surface area contributed by atoms with Gasteiger partial charge in [0.1, 0.15) is 5.75 Å². The van der Waals surface area contributed by atoms with Crippen molar-refractivity contribution in [3.63, 3.8) is 0 Å². The Labute approximate surface area is 176 Å². The van der Waals surface area contributed by atoms with E-state index >= 15 is 0 Å². The number of carbonyl (C=O) groups excluding carboxylic acids is 3. The zero-order valence-electron chi connectivity index (χ0n) is 16.3. The molecule has 4 rings (SSSR count). The molecule has 3 amide bonds. The van der Waals surface area contributed by atoms with Gasteiger partial charge in [-0.05, 0) is 55.3 Å². The average molecular weight is 427 g/mol. The predicted octanol–water partition coefficient (Wildman–Crippen LogP) is 3.50. The SMILES string of the molecule is O=C(Nc1ccc(OC(F)F)cc1)c1cccc(N2NC(=O)C3CC=CCC3C2=O)c1. The molecule has 0 spiro atoms. The van der Waals surface area contributed by atoms with Crippen LogP contribution in [-0.2, 0) is 9.59 Å². The summed E-state index contributed by atoms with van der Waals surface area (Å²) >= 11 is 0. The molecule has 0 aromatic heterocycles. The zero-order chi connectivity index (χ0) is 22.0. The molecule has 2 atom stereocenters. The number of hydrazine groups is 1. The maximum atomic E-state index is 12.9. The van der Waals surface area contributed by atoms with Crippen LogP contribution >= 0.6 is 0 Å². The topological polar surface area (TPSA) is 87.7 Å². The molecule has 1 aliphatic carbocycles. The summed E-state index contributed by atoms with van der Waals surface area (Å²) < 4.78 is 28.8. The minimum atomic E-state index is -2.93. The molecular formula is C22H19F2N3O4. The third-order valence-corrected chi connectivity index (χ3v) is 5.23. The third kappa shape index (κ3) is 4.40. The Kier molecular flexibility index (Phi) is 5.66. The van der Waals surface area contributed by atoms with Crippen molar-refractivity contribution in [2.75, 3.05) is 10.3 Å². The highest BCUT2D eigenvalue weighted by Gasteiger charge is 2.42. The van der Waals surface area contributed by atoms with Gasteiger partial charge >= 0.3 is 6.61 Å². The van der Waals surface area contributed by atoms with Crippen LogP contribution < -0.4 is 20.5 Å². The molecule has 7 nitrogen and oxygen atoms in total. The van der Waals surface area contributed by atoms with E-state index in [1.165, 1.54) is 35.3 Å². The van der Waals surface area contributed by atoms with Gasteiger partial charge < -0.3 is 10.1 Å². The lowest BCUT2D eigenvalue weighted by Gasteiger charge is -2.38. The van der Waals surface area contributed by atoms with Gasteiger partial charge in [-0.3, -0.25) is 19.8 Å². The van der Waals surface area contributed by atoms with E-state index in [4.69, 9.17) is 0 Å². The smallest absolute Gasteiger partial charge is 0.387 e. The van der Waals surface area contributed by atoms with Crippen LogP contribution in [0.15, 0.2) is 60.7 Å². The summed E-state index contributed by atoms with van der Waals surface area (Å²) in [5.74, 6) is -1.73. The third-order valence-electron chi connectivity index (χ3n) is 5.23. The minimum absolute atomic E-state index is 0.0230. The minimum Gasteiger partial charge on any atom is -0.435 e. The maximum Gasteiger partial charge on any atom is 0.387 e. The Bertz CT molecular complexity index is 1040. The molecule has 31 heavy (non-hydrogen) atoms. The van der Waals surface area contributed by atoms with Gasteiger partial charge in [0.2, 0.25) is 11.8 Å². The molecule has 1 heterocycles. The van der Waals surface area contributed by atoms with Gasteiger partial charge in [-0.1, -0.05) is 18.2 Å². The second kappa shape index (κ2) is 8.55. The van der Waals surface area contributed by atoms with Crippen molar-refractivity contribution < 1.29 is 27.9 Å². The van der Waals surface area contributed by atoms with E-state index in [-0.39, 0.29) is 29.0 Å². The normalized spacial score (nSPS) is 20.3. The lowest BCUT2D eigenvalue weighted by molar-refractivity contribution is -0.139. The van der Waals surface area contributed by atoms with E-state index in [0.717, 1.165) is 0 Å². The molecule has 0 radical (unpaired) electrons. The van der Waals surface area contributed by atoms with Crippen LogP contribution in [0.25, 0.3) is 0 Å². The first-order valence-electron chi connectivity index (χ1n) is 9.68. The number of rotatable bonds is 5. The van der Waals surface area contributed by atoms with Crippen LogP contribution in [-0.4, -0.2) is 24.3 Å². The Hall–Kier alpha value is -3.75. The fourth-order valence-corrected chi connectivity index (χ4v) is 3.69. The Morgan fingerprint density at radius 3 is 2.48 bits per heavy atom. The molecule has 2 N–H and O–H groups in total. The monoisotopic (exact) mass is 427 g/mol. The first kappa shape index (κ1) is 20.5. The second-order valence-electron chi connectivity index (χ2n) is 7.21. The summed E-state index contributed by atoms with van der Waals surface area (Å²) in [6.45, 7) is -2.93. The molecule has 2 aliphatic rings. The highest BCUT2D eigenvalue weighted by molar-refractivity contribution is 6.07. The molecule has 0 saturated carbocycles. The second-order valence-corrected chi connectivity index (χ2v) is 7.21. The maximum absolute atomic E-state index is 12.9. The van der Waals surface area contributed by atoms with Crippen LogP contribution in [0.1, 0.15) is 23.2 Å². The van der Waals surface area contributed by atoms with Crippen molar-refractivity contribution in [2.24, 2.45) is 11.8 Å². The van der Waals surface area contributed by atoms with E-state index in [9.17, 15) is 23.2 Å². The number of hydrogen-bond acceptors (Lipinski definition) is 4. The number of nitrogens with one attached hydrogen (secondary N) is 2. The number of hydrogen-bond donors (Lipinski definition) is 2. The summed E-state index contributed by atoms with van der Waals surface area (Å²) in [7, 11) is 0. The van der Waals surface area contributed by atoms with Gasteiger partial charge in [-0.25, -0.2) is 5.01 Å². The number of alkyl halides is 2. The van der Waals surface area contributed by atoms with Gasteiger partial charge in [-0.2, -0.15) is 8.78 Å². The Balaban J connectivity index is 1.49. The number of anilines is 2. The molecule has 9 heteroatoms. The first-order chi connectivity index (χ1) is 14.9. The molecular weight excluding hydrogens is 408 g/mol. The predicted molar refractivity (Wildman–Crippen MR) is 108 cm³/mol. The highest BCUT2D eigenvalue weighted by Crippen LogP contribution is 2.32. The molecule has 2 unspecified atom stereocenters. The van der Waals surface area contributed by atoms with Gasteiger partial charge in [0.05, 0.1) is 17.5 Å². The van der Waals surface area contributed by atoms with E-state index in [0.29, 0.717) is 24.2 Å². The number of fused-ring (bicyclic) bond motifs is 1. The lowest BCUT2D eigenvalue weighted by Crippen LogP contribution is -2.59. The van der Waals surface area contributed by atoms with Crippen LogP contribution in [0.4, 0.5) is 20.2 Å².